The fourth-order valence-corrected chi connectivity index (χ4v) is 3.15. The Morgan fingerprint density at radius 3 is 2.61 bits per heavy atom. The van der Waals surface area contributed by atoms with Crippen LogP contribution in [0.3, 0.4) is 0 Å². The van der Waals surface area contributed by atoms with E-state index in [9.17, 15) is 15.0 Å². The van der Waals surface area contributed by atoms with Crippen molar-refractivity contribution in [2.75, 3.05) is 0 Å². The maximum absolute atomic E-state index is 11.6. The Balaban J connectivity index is 2.33. The molecule has 98 valence electrons. The van der Waals surface area contributed by atoms with Gasteiger partial charge in [0.25, 0.3) is 0 Å². The summed E-state index contributed by atoms with van der Waals surface area (Å²) < 4.78 is 0. The van der Waals surface area contributed by atoms with Crippen molar-refractivity contribution in [2.45, 2.75) is 44.1 Å². The van der Waals surface area contributed by atoms with Gasteiger partial charge in [0, 0.05) is 0 Å². The van der Waals surface area contributed by atoms with Gasteiger partial charge in [0.15, 0.2) is 0 Å². The van der Waals surface area contributed by atoms with Gasteiger partial charge in [-0.05, 0) is 24.3 Å². The van der Waals surface area contributed by atoms with Crippen LogP contribution < -0.4 is 0 Å². The van der Waals surface area contributed by atoms with Crippen LogP contribution in [0.2, 0.25) is 0 Å². The Morgan fingerprint density at radius 1 is 1.39 bits per heavy atom. The van der Waals surface area contributed by atoms with Gasteiger partial charge in [-0.25, -0.2) is 0 Å². The lowest BCUT2D eigenvalue weighted by molar-refractivity contribution is -0.148. The Morgan fingerprint density at radius 2 is 2.06 bits per heavy atom. The molecule has 0 bridgehead atoms. The van der Waals surface area contributed by atoms with E-state index in [-0.39, 0.29) is 0 Å². The molecule has 0 spiro atoms. The molecule has 1 saturated carbocycles. The summed E-state index contributed by atoms with van der Waals surface area (Å²) >= 11 is 0. The second-order valence-electron chi connectivity index (χ2n) is 5.49. The average Bonchev–Trinajstić information content (AvgIpc) is 2.29. The molecular weight excluding hydrogens is 228 g/mol. The van der Waals surface area contributed by atoms with Crippen LogP contribution in [0.5, 0.6) is 0 Å². The van der Waals surface area contributed by atoms with Crippen molar-refractivity contribution < 1.29 is 15.0 Å². The second kappa shape index (κ2) is 5.11. The molecule has 1 fully saturated rings. The fraction of sp³-hybridized carbons (Fsp3) is 0.533. The highest BCUT2D eigenvalue weighted by atomic mass is 16.4. The summed E-state index contributed by atoms with van der Waals surface area (Å²) in [6.07, 6.45) is 3.11. The van der Waals surface area contributed by atoms with E-state index in [1.165, 1.54) is 0 Å². The van der Waals surface area contributed by atoms with E-state index < -0.39 is 17.5 Å². The summed E-state index contributed by atoms with van der Waals surface area (Å²) in [6, 6.07) is 9.07. The largest absolute Gasteiger partial charge is 0.481 e. The highest BCUT2D eigenvalue weighted by molar-refractivity contribution is 5.77. The minimum Gasteiger partial charge on any atom is -0.481 e. The zero-order chi connectivity index (χ0) is 13.2. The van der Waals surface area contributed by atoms with Crippen molar-refractivity contribution in [3.63, 3.8) is 0 Å². The molecule has 0 aromatic heterocycles. The first-order valence-electron chi connectivity index (χ1n) is 6.53. The van der Waals surface area contributed by atoms with Gasteiger partial charge < -0.3 is 10.2 Å². The van der Waals surface area contributed by atoms with Crippen LogP contribution in [0.1, 0.15) is 44.1 Å². The summed E-state index contributed by atoms with van der Waals surface area (Å²) in [7, 11) is 0. The van der Waals surface area contributed by atoms with E-state index in [2.05, 4.69) is 6.92 Å². The molecule has 1 aromatic carbocycles. The third kappa shape index (κ3) is 2.56. The van der Waals surface area contributed by atoms with Gasteiger partial charge in [0.2, 0.25) is 0 Å². The maximum atomic E-state index is 11.6. The molecule has 3 atom stereocenters. The van der Waals surface area contributed by atoms with Gasteiger partial charge in [-0.15, -0.1) is 0 Å². The first-order chi connectivity index (χ1) is 8.53. The van der Waals surface area contributed by atoms with E-state index in [1.54, 1.807) is 12.1 Å². The number of hydrogen-bond donors (Lipinski definition) is 2. The van der Waals surface area contributed by atoms with Gasteiger partial charge in [-0.1, -0.05) is 50.1 Å². The molecule has 1 aliphatic carbocycles. The van der Waals surface area contributed by atoms with E-state index in [0.717, 1.165) is 12.8 Å². The summed E-state index contributed by atoms with van der Waals surface area (Å²) in [5.74, 6) is -1.37. The zero-order valence-corrected chi connectivity index (χ0v) is 10.7. The van der Waals surface area contributed by atoms with Crippen molar-refractivity contribution >= 4 is 5.97 Å². The van der Waals surface area contributed by atoms with Crippen LogP contribution in [0.4, 0.5) is 0 Å². The first-order valence-corrected chi connectivity index (χ1v) is 6.53. The molecule has 0 amide bonds. The highest BCUT2D eigenvalue weighted by Crippen LogP contribution is 2.42. The number of hydrogen-bond acceptors (Lipinski definition) is 2. The number of carboxylic acids is 1. The Bertz CT molecular complexity index is 415. The summed E-state index contributed by atoms with van der Waals surface area (Å²) in [6.45, 7) is 2.08. The molecule has 1 aliphatic rings. The smallest absolute Gasteiger partial charge is 0.313 e. The van der Waals surface area contributed by atoms with Crippen molar-refractivity contribution in [3.8, 4) is 0 Å². The van der Waals surface area contributed by atoms with Crippen molar-refractivity contribution in [1.82, 2.24) is 0 Å². The molecule has 1 aromatic rings. The highest BCUT2D eigenvalue weighted by Gasteiger charge is 2.44. The monoisotopic (exact) mass is 248 g/mol. The Kier molecular flexibility index (Phi) is 3.71. The molecular formula is C15H20O3. The fourth-order valence-electron chi connectivity index (χ4n) is 3.15. The third-order valence-electron chi connectivity index (χ3n) is 3.93. The van der Waals surface area contributed by atoms with E-state index in [0.29, 0.717) is 24.3 Å². The number of benzene rings is 1. The lowest BCUT2D eigenvalue weighted by Gasteiger charge is -2.39. The minimum absolute atomic E-state index is 0.384. The van der Waals surface area contributed by atoms with Crippen LogP contribution in [0.25, 0.3) is 0 Å². The lowest BCUT2D eigenvalue weighted by atomic mass is 9.69. The van der Waals surface area contributed by atoms with Crippen LogP contribution in [-0.4, -0.2) is 21.8 Å². The van der Waals surface area contributed by atoms with Crippen molar-refractivity contribution in [3.05, 3.63) is 35.9 Å². The summed E-state index contributed by atoms with van der Waals surface area (Å²) in [5.41, 5.74) is -0.410. The number of carboxylic acid groups (broad SMARTS) is 1. The molecule has 0 aliphatic heterocycles. The molecule has 2 N–H and O–H groups in total. The van der Waals surface area contributed by atoms with Gasteiger partial charge in [-0.3, -0.25) is 4.79 Å². The molecule has 3 nitrogen and oxygen atoms in total. The third-order valence-corrected chi connectivity index (χ3v) is 3.93. The molecule has 18 heavy (non-hydrogen) atoms. The Labute approximate surface area is 107 Å². The van der Waals surface area contributed by atoms with E-state index in [1.807, 2.05) is 18.2 Å². The molecule has 0 heterocycles. The van der Waals surface area contributed by atoms with Crippen molar-refractivity contribution in [1.29, 1.82) is 0 Å². The summed E-state index contributed by atoms with van der Waals surface area (Å²) in [5, 5.41) is 20.2. The van der Waals surface area contributed by atoms with Crippen LogP contribution in [-0.2, 0) is 4.79 Å². The van der Waals surface area contributed by atoms with Gasteiger partial charge in [0.05, 0.1) is 5.60 Å². The number of rotatable bonds is 3. The molecule has 2 rings (SSSR count). The van der Waals surface area contributed by atoms with Gasteiger partial charge >= 0.3 is 5.97 Å². The zero-order valence-electron chi connectivity index (χ0n) is 10.7. The predicted octanol–water partition coefficient (Wildman–Crippen LogP) is 2.80. The van der Waals surface area contributed by atoms with Crippen LogP contribution >= 0.6 is 0 Å². The molecule has 0 unspecified atom stereocenters. The average molecular weight is 248 g/mol. The summed E-state index contributed by atoms with van der Waals surface area (Å²) in [4.78, 5) is 11.6. The maximum Gasteiger partial charge on any atom is 0.313 e. The van der Waals surface area contributed by atoms with Crippen LogP contribution in [0, 0.1) is 5.92 Å². The van der Waals surface area contributed by atoms with E-state index in [4.69, 9.17) is 0 Å². The quantitative estimate of drug-likeness (QED) is 0.864. The SMILES string of the molecule is C[C@@H]1CCC[C@@](O)([C@@H](C(=O)O)c2ccccc2)C1. The Hall–Kier alpha value is -1.35. The standard InChI is InChI=1S/C15H20O3/c1-11-6-5-9-15(18,10-11)13(14(16)17)12-7-3-2-4-8-12/h2-4,7-8,11,13,18H,5-6,9-10H2,1H3,(H,16,17)/t11-,13-,15+/m1/s1. The first kappa shape index (κ1) is 13.1. The molecule has 0 saturated heterocycles. The topological polar surface area (TPSA) is 57.5 Å². The number of aliphatic hydroxyl groups is 1. The lowest BCUT2D eigenvalue weighted by Crippen LogP contribution is -2.44. The minimum atomic E-state index is -1.11. The number of aliphatic carboxylic acids is 1. The molecule has 3 heteroatoms. The van der Waals surface area contributed by atoms with Gasteiger partial charge in [0.1, 0.15) is 5.92 Å². The van der Waals surface area contributed by atoms with E-state index >= 15 is 0 Å². The van der Waals surface area contributed by atoms with Crippen LogP contribution in [0.15, 0.2) is 30.3 Å². The predicted molar refractivity (Wildman–Crippen MR) is 69.4 cm³/mol. The molecule has 0 radical (unpaired) electrons. The second-order valence-corrected chi connectivity index (χ2v) is 5.49. The van der Waals surface area contributed by atoms with Crippen molar-refractivity contribution in [2.24, 2.45) is 5.92 Å². The normalized spacial score (nSPS) is 29.8. The van der Waals surface area contributed by atoms with Gasteiger partial charge in [-0.2, -0.15) is 0 Å². The number of carbonyl (C=O) groups is 1.